The minimum absolute atomic E-state index is 0. The summed E-state index contributed by atoms with van der Waals surface area (Å²) in [7, 11) is -14.2. The molecule has 0 saturated heterocycles. The summed E-state index contributed by atoms with van der Waals surface area (Å²) in [5, 5.41) is 0. The number of unbranched alkanes of at least 4 members (excludes halogenated alkanes) is 15. The van der Waals surface area contributed by atoms with Crippen LogP contribution in [0, 0.1) is 81.7 Å². The van der Waals surface area contributed by atoms with Crippen molar-refractivity contribution in [2.24, 2.45) is 0 Å². The molecule has 0 rings (SSSR count). The molecular formula is C24H51Nd2O12P3. The Labute approximate surface area is 314 Å². The van der Waals surface area contributed by atoms with Gasteiger partial charge < -0.3 is 56.6 Å². The molecule has 0 atom stereocenters. The van der Waals surface area contributed by atoms with Crippen molar-refractivity contribution in [3.8, 4) is 0 Å². The van der Waals surface area contributed by atoms with Crippen LogP contribution in [0.2, 0.25) is 0 Å². The van der Waals surface area contributed by atoms with E-state index in [0.29, 0.717) is 19.3 Å². The summed E-state index contributed by atoms with van der Waals surface area (Å²) in [5.41, 5.74) is 0. The van der Waals surface area contributed by atoms with Gasteiger partial charge >= 0.3 is 81.7 Å². The molecule has 2 radical (unpaired) electrons. The van der Waals surface area contributed by atoms with Gasteiger partial charge in [-0.15, -0.1) is 0 Å². The molecule has 0 unspecified atom stereocenters. The van der Waals surface area contributed by atoms with Gasteiger partial charge in [0.15, 0.2) is 0 Å². The number of rotatable bonds is 24. The molecule has 0 spiro atoms. The normalized spacial score (nSPS) is 11.3. The van der Waals surface area contributed by atoms with Crippen LogP contribution < -0.4 is 29.4 Å². The van der Waals surface area contributed by atoms with Gasteiger partial charge in [0.2, 0.25) is 0 Å². The first-order valence-corrected chi connectivity index (χ1v) is 18.6. The van der Waals surface area contributed by atoms with Crippen molar-refractivity contribution in [1.82, 2.24) is 0 Å². The zero-order valence-corrected chi connectivity index (χ0v) is 34.2. The monoisotopic (exact) mass is 908 g/mol. The molecule has 242 valence electrons. The maximum atomic E-state index is 10.0. The molecule has 17 heteroatoms. The number of hydrogen-bond donors (Lipinski definition) is 0. The van der Waals surface area contributed by atoms with Gasteiger partial charge in [-0.25, -0.2) is 0 Å². The van der Waals surface area contributed by atoms with Crippen molar-refractivity contribution in [1.29, 1.82) is 0 Å². The fraction of sp³-hybridized carbons (Fsp3) is 1.00. The van der Waals surface area contributed by atoms with E-state index < -0.39 is 23.5 Å². The van der Waals surface area contributed by atoms with Gasteiger partial charge in [-0.2, -0.15) is 0 Å². The van der Waals surface area contributed by atoms with Crippen LogP contribution in [0.15, 0.2) is 0 Å². The Morgan fingerprint density at radius 2 is 0.537 bits per heavy atom. The third kappa shape index (κ3) is 66.4. The second-order valence-electron chi connectivity index (χ2n) is 9.14. The molecule has 0 aromatic carbocycles. The Hall–Kier alpha value is 3.03. The van der Waals surface area contributed by atoms with E-state index in [2.05, 4.69) is 34.3 Å². The zero-order valence-electron chi connectivity index (χ0n) is 25.1. The van der Waals surface area contributed by atoms with Crippen LogP contribution in [0.25, 0.3) is 0 Å². The number of hydrogen-bond acceptors (Lipinski definition) is 12. The van der Waals surface area contributed by atoms with Crippen molar-refractivity contribution in [2.75, 3.05) is 19.8 Å². The topological polar surface area (TPSA) is 217 Å². The Kier molecular flexibility index (Phi) is 48.9. The first-order valence-electron chi connectivity index (χ1n) is 14.2. The minimum atomic E-state index is -4.73. The van der Waals surface area contributed by atoms with Crippen LogP contribution in [0.4, 0.5) is 0 Å². The molecule has 0 N–H and O–H groups in total. The summed E-state index contributed by atoms with van der Waals surface area (Å²) >= 11 is 0. The van der Waals surface area contributed by atoms with E-state index in [1.165, 1.54) is 57.8 Å². The van der Waals surface area contributed by atoms with Crippen LogP contribution in [-0.4, -0.2) is 19.8 Å². The molecule has 0 aliphatic carbocycles. The quantitative estimate of drug-likeness (QED) is 0.100. The molecular weight excluding hydrogens is 862 g/mol. The van der Waals surface area contributed by atoms with Gasteiger partial charge in [0.1, 0.15) is 0 Å². The van der Waals surface area contributed by atoms with Gasteiger partial charge in [0.25, 0.3) is 0 Å². The minimum Gasteiger partial charge on any atom is -0.790 e. The van der Waals surface area contributed by atoms with Crippen molar-refractivity contribution >= 4 is 23.5 Å². The van der Waals surface area contributed by atoms with Gasteiger partial charge in [-0.05, 0) is 19.3 Å². The fourth-order valence-corrected chi connectivity index (χ4v) is 4.23. The predicted molar refractivity (Wildman–Crippen MR) is 141 cm³/mol. The Bertz CT molecular complexity index is 560. The summed E-state index contributed by atoms with van der Waals surface area (Å²) in [4.78, 5) is 60.1. The Morgan fingerprint density at radius 1 is 0.366 bits per heavy atom. The van der Waals surface area contributed by atoms with Crippen LogP contribution in [0.3, 0.4) is 0 Å². The average Bonchev–Trinajstić information content (AvgIpc) is 2.81. The maximum Gasteiger partial charge on any atom is 3.00 e. The van der Waals surface area contributed by atoms with Crippen LogP contribution in [0.1, 0.15) is 136 Å². The van der Waals surface area contributed by atoms with E-state index in [1.807, 2.05) is 0 Å². The predicted octanol–water partition coefficient (Wildman–Crippen LogP) is 3.58. The number of phosphoric acid groups is 3. The van der Waals surface area contributed by atoms with Crippen LogP contribution in [0.5, 0.6) is 0 Å². The van der Waals surface area contributed by atoms with Gasteiger partial charge in [0, 0.05) is 0 Å². The first kappa shape index (κ1) is 53.5. The summed E-state index contributed by atoms with van der Waals surface area (Å²) in [5.74, 6) is 0. The molecule has 0 aromatic heterocycles. The third-order valence-corrected chi connectivity index (χ3v) is 6.74. The van der Waals surface area contributed by atoms with Gasteiger partial charge in [-0.1, -0.05) is 117 Å². The molecule has 41 heavy (non-hydrogen) atoms. The standard InChI is InChI=1S/3C8H19O4P.2Nd/c3*1-2-3-4-5-6-7-8-12-13(9,10)11;;/h3*2-8H2,1H3,(H2,9,10,11);;/q;;;2*+3/p-6. The first-order chi connectivity index (χ1) is 18.2. The summed E-state index contributed by atoms with van der Waals surface area (Å²) in [6.07, 6.45) is 18.7. The molecule has 0 aliphatic rings. The van der Waals surface area contributed by atoms with Gasteiger partial charge in [0.05, 0.1) is 43.3 Å². The molecule has 0 saturated carbocycles. The SMILES string of the molecule is CCCCCCCCOP(=O)([O-])[O-].CCCCCCCCOP(=O)([O-])[O-].CCCCCCCCOP(=O)([O-])[O-].[Nd+3].[Nd+3]. The molecule has 0 aromatic rings. The van der Waals surface area contributed by atoms with Crippen molar-refractivity contribution in [3.63, 3.8) is 0 Å². The summed E-state index contributed by atoms with van der Waals surface area (Å²) in [6.45, 7) is 6.51. The molecule has 0 aliphatic heterocycles. The van der Waals surface area contributed by atoms with E-state index in [4.69, 9.17) is 0 Å². The zero-order chi connectivity index (χ0) is 30.5. The van der Waals surface area contributed by atoms with Crippen molar-refractivity contribution < 1.29 is 138 Å². The molecule has 12 nitrogen and oxygen atoms in total. The maximum absolute atomic E-state index is 10.0. The van der Waals surface area contributed by atoms with E-state index in [-0.39, 0.29) is 101 Å². The smallest absolute Gasteiger partial charge is 0.790 e. The Balaban J connectivity index is -0.000000154. The van der Waals surface area contributed by atoms with Crippen LogP contribution in [-0.2, 0) is 27.3 Å². The number of phosphoric ester groups is 3. The molecule has 0 fully saturated rings. The van der Waals surface area contributed by atoms with Crippen molar-refractivity contribution in [3.05, 3.63) is 0 Å². The molecule has 0 amide bonds. The summed E-state index contributed by atoms with van der Waals surface area (Å²) in [6, 6.07) is 0. The third-order valence-electron chi connectivity index (χ3n) is 5.24. The fourth-order valence-electron chi connectivity index (χ4n) is 3.18. The largest absolute Gasteiger partial charge is 3.00 e. The molecule has 0 bridgehead atoms. The Morgan fingerprint density at radius 3 is 0.707 bits per heavy atom. The van der Waals surface area contributed by atoms with Crippen molar-refractivity contribution in [2.45, 2.75) is 136 Å². The summed E-state index contributed by atoms with van der Waals surface area (Å²) < 4.78 is 42.3. The second-order valence-corrected chi connectivity index (χ2v) is 12.6. The molecule has 0 heterocycles. The van der Waals surface area contributed by atoms with E-state index in [0.717, 1.165) is 38.5 Å². The van der Waals surface area contributed by atoms with E-state index in [9.17, 15) is 43.1 Å². The second kappa shape index (κ2) is 37.5. The van der Waals surface area contributed by atoms with E-state index in [1.54, 1.807) is 0 Å². The average molecular weight is 913 g/mol. The van der Waals surface area contributed by atoms with E-state index >= 15 is 0 Å². The van der Waals surface area contributed by atoms with Gasteiger partial charge in [-0.3, -0.25) is 0 Å². The van der Waals surface area contributed by atoms with Crippen LogP contribution >= 0.6 is 23.5 Å².